The van der Waals surface area contributed by atoms with Gasteiger partial charge in [-0.15, -0.1) is 0 Å². The molecular weight excluding hydrogens is 232 g/mol. The highest BCUT2D eigenvalue weighted by atomic mass is 32.2. The van der Waals surface area contributed by atoms with Crippen molar-refractivity contribution in [1.82, 2.24) is 10.0 Å². The Kier molecular flexibility index (Phi) is 4.72. The van der Waals surface area contributed by atoms with Gasteiger partial charge >= 0.3 is 0 Å². The second-order valence-electron chi connectivity index (χ2n) is 3.37. The van der Waals surface area contributed by atoms with E-state index in [1.54, 1.807) is 25.3 Å². The van der Waals surface area contributed by atoms with Gasteiger partial charge in [-0.2, -0.15) is 11.3 Å². The number of thiophene rings is 1. The molecule has 0 aliphatic heterocycles. The Balaban J connectivity index is 2.50. The van der Waals surface area contributed by atoms with Crippen molar-refractivity contribution in [3.63, 3.8) is 0 Å². The molecule has 0 aromatic carbocycles. The van der Waals surface area contributed by atoms with Gasteiger partial charge in [0.15, 0.2) is 0 Å². The van der Waals surface area contributed by atoms with E-state index in [4.69, 9.17) is 0 Å². The van der Waals surface area contributed by atoms with Gasteiger partial charge in [0.1, 0.15) is 0 Å². The van der Waals surface area contributed by atoms with Gasteiger partial charge in [0.2, 0.25) is 10.0 Å². The molecule has 1 atom stereocenters. The summed E-state index contributed by atoms with van der Waals surface area (Å²) in [6.07, 6.45) is 0. The van der Waals surface area contributed by atoms with Crippen LogP contribution in [-0.2, 0) is 16.6 Å². The van der Waals surface area contributed by atoms with E-state index in [0.29, 0.717) is 13.1 Å². The van der Waals surface area contributed by atoms with Crippen molar-refractivity contribution in [2.24, 2.45) is 0 Å². The average Bonchev–Trinajstić information content (AvgIpc) is 2.68. The van der Waals surface area contributed by atoms with Gasteiger partial charge in [-0.05, 0) is 36.4 Å². The number of hydrogen-bond donors (Lipinski definition) is 2. The second kappa shape index (κ2) is 5.60. The molecule has 4 nitrogen and oxygen atoms in total. The van der Waals surface area contributed by atoms with Crippen molar-refractivity contribution in [2.45, 2.75) is 18.7 Å². The van der Waals surface area contributed by atoms with E-state index in [9.17, 15) is 8.42 Å². The Bertz CT molecular complexity index is 373. The van der Waals surface area contributed by atoms with Gasteiger partial charge in [-0.3, -0.25) is 0 Å². The fraction of sp³-hybridized carbons (Fsp3) is 0.556. The molecule has 15 heavy (non-hydrogen) atoms. The van der Waals surface area contributed by atoms with Crippen molar-refractivity contribution in [1.29, 1.82) is 0 Å². The van der Waals surface area contributed by atoms with E-state index in [0.717, 1.165) is 5.56 Å². The molecule has 0 amide bonds. The summed E-state index contributed by atoms with van der Waals surface area (Å²) in [4.78, 5) is 0. The lowest BCUT2D eigenvalue weighted by Gasteiger charge is -2.12. The van der Waals surface area contributed by atoms with Gasteiger partial charge in [-0.1, -0.05) is 0 Å². The predicted molar refractivity (Wildman–Crippen MR) is 63.5 cm³/mol. The summed E-state index contributed by atoms with van der Waals surface area (Å²) < 4.78 is 25.9. The standard InChI is InChI=1S/C9H16N2O2S2/c1-8(5-10-2)15(12,13)11-6-9-3-4-14-7-9/h3-4,7-8,10-11H,5-6H2,1-2H3. The van der Waals surface area contributed by atoms with Crippen LogP contribution in [0.3, 0.4) is 0 Å². The third-order valence-electron chi connectivity index (χ3n) is 2.08. The fourth-order valence-corrected chi connectivity index (χ4v) is 2.82. The lowest BCUT2D eigenvalue weighted by atomic mass is 10.4. The number of hydrogen-bond acceptors (Lipinski definition) is 4. The van der Waals surface area contributed by atoms with Gasteiger partial charge in [0.25, 0.3) is 0 Å². The Morgan fingerprint density at radius 2 is 2.27 bits per heavy atom. The summed E-state index contributed by atoms with van der Waals surface area (Å²) in [6.45, 7) is 2.52. The summed E-state index contributed by atoms with van der Waals surface area (Å²) in [5.41, 5.74) is 1.00. The lowest BCUT2D eigenvalue weighted by Crippen LogP contribution is -2.37. The van der Waals surface area contributed by atoms with Gasteiger partial charge in [0.05, 0.1) is 5.25 Å². The first kappa shape index (κ1) is 12.6. The summed E-state index contributed by atoms with van der Waals surface area (Å²) in [6, 6.07) is 1.91. The molecule has 1 unspecified atom stereocenters. The van der Waals surface area contributed by atoms with E-state index in [1.165, 1.54) is 0 Å². The van der Waals surface area contributed by atoms with Crippen molar-refractivity contribution in [2.75, 3.05) is 13.6 Å². The first-order valence-corrected chi connectivity index (χ1v) is 7.19. The topological polar surface area (TPSA) is 58.2 Å². The van der Waals surface area contributed by atoms with Gasteiger partial charge in [-0.25, -0.2) is 13.1 Å². The van der Waals surface area contributed by atoms with Crippen molar-refractivity contribution < 1.29 is 8.42 Å². The third kappa shape index (κ3) is 3.90. The monoisotopic (exact) mass is 248 g/mol. The average molecular weight is 248 g/mol. The van der Waals surface area contributed by atoms with Crippen LogP contribution < -0.4 is 10.0 Å². The molecule has 0 aliphatic rings. The molecular formula is C9H16N2O2S2. The molecule has 86 valence electrons. The highest BCUT2D eigenvalue weighted by molar-refractivity contribution is 7.90. The lowest BCUT2D eigenvalue weighted by molar-refractivity contribution is 0.563. The molecule has 1 aromatic heterocycles. The number of rotatable bonds is 6. The smallest absolute Gasteiger partial charge is 0.215 e. The summed E-state index contributed by atoms with van der Waals surface area (Å²) in [5, 5.41) is 6.30. The zero-order chi connectivity index (χ0) is 11.3. The Hall–Kier alpha value is -0.430. The Morgan fingerprint density at radius 1 is 1.53 bits per heavy atom. The van der Waals surface area contributed by atoms with E-state index in [1.807, 2.05) is 16.8 Å². The molecule has 1 heterocycles. The zero-order valence-corrected chi connectivity index (χ0v) is 10.5. The first-order chi connectivity index (χ1) is 7.06. The number of nitrogens with one attached hydrogen (secondary N) is 2. The normalized spacial score (nSPS) is 14.0. The van der Waals surface area contributed by atoms with Crippen LogP contribution >= 0.6 is 11.3 Å². The van der Waals surface area contributed by atoms with Gasteiger partial charge in [0, 0.05) is 13.1 Å². The van der Waals surface area contributed by atoms with Crippen LogP contribution in [0.2, 0.25) is 0 Å². The summed E-state index contributed by atoms with van der Waals surface area (Å²) in [7, 11) is -1.47. The second-order valence-corrected chi connectivity index (χ2v) is 6.33. The van der Waals surface area contributed by atoms with Gasteiger partial charge < -0.3 is 5.32 Å². The van der Waals surface area contributed by atoms with Crippen LogP contribution in [-0.4, -0.2) is 27.3 Å². The van der Waals surface area contributed by atoms with E-state index < -0.39 is 15.3 Å². The van der Waals surface area contributed by atoms with Crippen LogP contribution in [0.5, 0.6) is 0 Å². The molecule has 0 aliphatic carbocycles. The van der Waals surface area contributed by atoms with E-state index in [2.05, 4.69) is 10.0 Å². The molecule has 0 bridgehead atoms. The molecule has 0 fully saturated rings. The van der Waals surface area contributed by atoms with Crippen LogP contribution in [0.25, 0.3) is 0 Å². The molecule has 2 N–H and O–H groups in total. The van der Waals surface area contributed by atoms with Crippen molar-refractivity contribution in [3.05, 3.63) is 22.4 Å². The van der Waals surface area contributed by atoms with Crippen LogP contribution in [0.1, 0.15) is 12.5 Å². The molecule has 1 aromatic rings. The van der Waals surface area contributed by atoms with Crippen LogP contribution in [0.15, 0.2) is 16.8 Å². The Labute approximate surface area is 94.8 Å². The minimum absolute atomic E-state index is 0.375. The molecule has 1 rings (SSSR count). The van der Waals surface area contributed by atoms with Crippen LogP contribution in [0, 0.1) is 0 Å². The molecule has 0 spiro atoms. The SMILES string of the molecule is CNCC(C)S(=O)(=O)NCc1ccsc1. The van der Waals surface area contributed by atoms with Crippen molar-refractivity contribution in [3.8, 4) is 0 Å². The fourth-order valence-electron chi connectivity index (χ4n) is 1.12. The van der Waals surface area contributed by atoms with E-state index >= 15 is 0 Å². The predicted octanol–water partition coefficient (Wildman–Crippen LogP) is 0.775. The summed E-state index contributed by atoms with van der Waals surface area (Å²) >= 11 is 1.56. The minimum atomic E-state index is -3.21. The van der Waals surface area contributed by atoms with Crippen LogP contribution in [0.4, 0.5) is 0 Å². The summed E-state index contributed by atoms with van der Waals surface area (Å²) in [5.74, 6) is 0. The maximum Gasteiger partial charge on any atom is 0.215 e. The molecule has 0 saturated carbocycles. The Morgan fingerprint density at radius 3 is 2.80 bits per heavy atom. The number of sulfonamides is 1. The molecule has 6 heteroatoms. The van der Waals surface area contributed by atoms with E-state index in [-0.39, 0.29) is 0 Å². The van der Waals surface area contributed by atoms with Crippen molar-refractivity contribution >= 4 is 21.4 Å². The maximum atomic E-state index is 11.7. The maximum absolute atomic E-state index is 11.7. The third-order valence-corrected chi connectivity index (χ3v) is 4.58. The quantitative estimate of drug-likeness (QED) is 0.782. The minimum Gasteiger partial charge on any atom is -0.318 e. The molecule has 0 radical (unpaired) electrons. The highest BCUT2D eigenvalue weighted by Crippen LogP contribution is 2.06. The molecule has 0 saturated heterocycles. The highest BCUT2D eigenvalue weighted by Gasteiger charge is 2.18. The largest absolute Gasteiger partial charge is 0.318 e. The zero-order valence-electron chi connectivity index (χ0n) is 8.86. The first-order valence-electron chi connectivity index (χ1n) is 4.70.